The number of fused-ring (bicyclic) bond motifs is 1. The van der Waals surface area contributed by atoms with Gasteiger partial charge in [0.15, 0.2) is 9.84 Å². The van der Waals surface area contributed by atoms with Crippen LogP contribution in [0.3, 0.4) is 0 Å². The molecule has 1 aliphatic heterocycles. The van der Waals surface area contributed by atoms with Crippen molar-refractivity contribution in [3.63, 3.8) is 0 Å². The first-order valence-corrected chi connectivity index (χ1v) is 10.4. The summed E-state index contributed by atoms with van der Waals surface area (Å²) in [5, 5.41) is 0. The van der Waals surface area contributed by atoms with Gasteiger partial charge in [0.1, 0.15) is 0 Å². The van der Waals surface area contributed by atoms with Crippen LogP contribution in [0, 0.1) is 0 Å². The number of likely N-dealkylation sites (N-methyl/N-ethyl adjacent to an activating group) is 2. The number of benzene rings is 1. The number of hydrogen-bond acceptors (Lipinski definition) is 4. The Morgan fingerprint density at radius 1 is 1.21 bits per heavy atom. The molecule has 24 heavy (non-hydrogen) atoms. The lowest BCUT2D eigenvalue weighted by molar-refractivity contribution is -0.133. The van der Waals surface area contributed by atoms with E-state index in [1.807, 2.05) is 7.05 Å². The highest BCUT2D eigenvalue weighted by molar-refractivity contribution is 7.91. The van der Waals surface area contributed by atoms with Crippen LogP contribution in [0.15, 0.2) is 24.3 Å². The van der Waals surface area contributed by atoms with Crippen molar-refractivity contribution in [1.82, 2.24) is 9.80 Å². The summed E-state index contributed by atoms with van der Waals surface area (Å²) >= 11 is 0. The van der Waals surface area contributed by atoms with Crippen LogP contribution in [0.25, 0.3) is 0 Å². The van der Waals surface area contributed by atoms with Gasteiger partial charge in [0.25, 0.3) is 0 Å². The minimum Gasteiger partial charge on any atom is -0.341 e. The van der Waals surface area contributed by atoms with E-state index >= 15 is 0 Å². The molecule has 0 bridgehead atoms. The van der Waals surface area contributed by atoms with Crippen molar-refractivity contribution in [2.75, 3.05) is 32.1 Å². The third-order valence-electron chi connectivity index (χ3n) is 5.40. The van der Waals surface area contributed by atoms with Gasteiger partial charge in [-0.3, -0.25) is 9.69 Å². The van der Waals surface area contributed by atoms with Crippen molar-refractivity contribution >= 4 is 15.7 Å². The number of rotatable bonds is 4. The zero-order chi connectivity index (χ0) is 17.3. The van der Waals surface area contributed by atoms with Crippen LogP contribution in [0.5, 0.6) is 0 Å². The molecular formula is C18H26N2O3S. The standard InChI is InChI=1S/C18H26N2O3S/c1-19(17-9-5-7-14-6-3-4-8-16(14)17)12-18(21)20(2)15-10-11-24(22,23)13-15/h3-4,6,8,15,17H,5,7,9-13H2,1-2H3/t15-,17+/m0/s1. The molecule has 1 fully saturated rings. The van der Waals surface area contributed by atoms with E-state index in [4.69, 9.17) is 0 Å². The first-order valence-electron chi connectivity index (χ1n) is 8.61. The van der Waals surface area contributed by atoms with E-state index in [2.05, 4.69) is 29.2 Å². The van der Waals surface area contributed by atoms with Crippen LogP contribution >= 0.6 is 0 Å². The fourth-order valence-corrected chi connectivity index (χ4v) is 5.68. The number of aryl methyl sites for hydroxylation is 1. The predicted octanol–water partition coefficient (Wildman–Crippen LogP) is 1.64. The molecule has 132 valence electrons. The summed E-state index contributed by atoms with van der Waals surface area (Å²) in [5.74, 6) is 0.300. The number of nitrogens with zero attached hydrogens (tertiary/aromatic N) is 2. The minimum atomic E-state index is -2.97. The Morgan fingerprint density at radius 3 is 2.67 bits per heavy atom. The molecule has 2 aliphatic rings. The van der Waals surface area contributed by atoms with E-state index in [1.165, 1.54) is 11.1 Å². The van der Waals surface area contributed by atoms with Crippen molar-refractivity contribution < 1.29 is 13.2 Å². The smallest absolute Gasteiger partial charge is 0.236 e. The molecule has 0 saturated carbocycles. The molecule has 1 aromatic carbocycles. The van der Waals surface area contributed by atoms with E-state index < -0.39 is 9.84 Å². The normalized spacial score (nSPS) is 25.5. The number of hydrogen-bond donors (Lipinski definition) is 0. The highest BCUT2D eigenvalue weighted by atomic mass is 32.2. The molecule has 1 aliphatic carbocycles. The molecule has 0 aromatic heterocycles. The lowest BCUT2D eigenvalue weighted by atomic mass is 9.87. The Labute approximate surface area is 144 Å². The molecular weight excluding hydrogens is 324 g/mol. The monoisotopic (exact) mass is 350 g/mol. The summed E-state index contributed by atoms with van der Waals surface area (Å²) in [7, 11) is 0.752. The maximum absolute atomic E-state index is 12.6. The molecule has 1 amide bonds. The molecule has 2 atom stereocenters. The van der Waals surface area contributed by atoms with Gasteiger partial charge in [-0.15, -0.1) is 0 Å². The average molecular weight is 350 g/mol. The maximum Gasteiger partial charge on any atom is 0.236 e. The summed E-state index contributed by atoms with van der Waals surface area (Å²) in [6, 6.07) is 8.55. The van der Waals surface area contributed by atoms with E-state index in [0.717, 1.165) is 19.3 Å². The lowest BCUT2D eigenvalue weighted by Gasteiger charge is -2.34. The Kier molecular flexibility index (Phi) is 4.97. The zero-order valence-corrected chi connectivity index (χ0v) is 15.3. The van der Waals surface area contributed by atoms with Gasteiger partial charge in [0.05, 0.1) is 18.1 Å². The van der Waals surface area contributed by atoms with Crippen molar-refractivity contribution in [3.8, 4) is 0 Å². The van der Waals surface area contributed by atoms with Crippen molar-refractivity contribution in [1.29, 1.82) is 0 Å². The number of carbonyl (C=O) groups excluding carboxylic acids is 1. The Hall–Kier alpha value is -1.40. The van der Waals surface area contributed by atoms with Crippen LogP contribution in [0.1, 0.15) is 36.4 Å². The first kappa shape index (κ1) is 17.4. The largest absolute Gasteiger partial charge is 0.341 e. The molecule has 0 radical (unpaired) electrons. The van der Waals surface area contributed by atoms with E-state index in [-0.39, 0.29) is 29.5 Å². The quantitative estimate of drug-likeness (QED) is 0.828. The molecule has 6 heteroatoms. The summed E-state index contributed by atoms with van der Waals surface area (Å²) in [4.78, 5) is 16.3. The third kappa shape index (κ3) is 3.64. The van der Waals surface area contributed by atoms with Crippen LogP contribution < -0.4 is 0 Å². The second-order valence-corrected chi connectivity index (χ2v) is 9.31. The van der Waals surface area contributed by atoms with Gasteiger partial charge in [0.2, 0.25) is 5.91 Å². The number of amides is 1. The van der Waals surface area contributed by atoms with E-state index in [0.29, 0.717) is 13.0 Å². The molecule has 0 N–H and O–H groups in total. The lowest BCUT2D eigenvalue weighted by Crippen LogP contribution is -2.44. The molecule has 1 aromatic rings. The van der Waals surface area contributed by atoms with Gasteiger partial charge in [-0.25, -0.2) is 8.42 Å². The van der Waals surface area contributed by atoms with Crippen LogP contribution in [0.4, 0.5) is 0 Å². The fourth-order valence-electron chi connectivity index (χ4n) is 3.91. The van der Waals surface area contributed by atoms with Gasteiger partial charge in [0, 0.05) is 19.1 Å². The SMILES string of the molecule is CN(CC(=O)N(C)[C@H]1CCS(=O)(=O)C1)[C@@H]1CCCc2ccccc21. The molecule has 5 nitrogen and oxygen atoms in total. The van der Waals surface area contributed by atoms with E-state index in [1.54, 1.807) is 11.9 Å². The van der Waals surface area contributed by atoms with Crippen LogP contribution in [-0.4, -0.2) is 62.3 Å². The molecule has 1 saturated heterocycles. The van der Waals surface area contributed by atoms with Gasteiger partial charge < -0.3 is 4.90 Å². The van der Waals surface area contributed by atoms with Crippen molar-refractivity contribution in [2.24, 2.45) is 0 Å². The topological polar surface area (TPSA) is 57.7 Å². The van der Waals surface area contributed by atoms with Gasteiger partial charge in [-0.05, 0) is 43.9 Å². The summed E-state index contributed by atoms with van der Waals surface area (Å²) in [5.41, 5.74) is 2.70. The van der Waals surface area contributed by atoms with Gasteiger partial charge >= 0.3 is 0 Å². The third-order valence-corrected chi connectivity index (χ3v) is 7.15. The molecule has 0 unspecified atom stereocenters. The Balaban J connectivity index is 1.65. The Bertz CT molecular complexity index is 717. The summed E-state index contributed by atoms with van der Waals surface area (Å²) in [6.45, 7) is 0.325. The van der Waals surface area contributed by atoms with Gasteiger partial charge in [-0.2, -0.15) is 0 Å². The second kappa shape index (κ2) is 6.84. The summed E-state index contributed by atoms with van der Waals surface area (Å²) in [6.07, 6.45) is 3.86. The highest BCUT2D eigenvalue weighted by Gasteiger charge is 2.33. The van der Waals surface area contributed by atoms with Crippen LogP contribution in [-0.2, 0) is 21.1 Å². The highest BCUT2D eigenvalue weighted by Crippen LogP contribution is 2.33. The van der Waals surface area contributed by atoms with E-state index in [9.17, 15) is 13.2 Å². The van der Waals surface area contributed by atoms with Crippen LogP contribution in [0.2, 0.25) is 0 Å². The van der Waals surface area contributed by atoms with Crippen molar-refractivity contribution in [2.45, 2.75) is 37.8 Å². The van der Waals surface area contributed by atoms with Gasteiger partial charge in [-0.1, -0.05) is 24.3 Å². The molecule has 0 spiro atoms. The first-order chi connectivity index (χ1) is 11.4. The number of carbonyl (C=O) groups is 1. The summed E-state index contributed by atoms with van der Waals surface area (Å²) < 4.78 is 23.3. The predicted molar refractivity (Wildman–Crippen MR) is 94.6 cm³/mol. The minimum absolute atomic E-state index is 0.00246. The molecule has 3 rings (SSSR count). The average Bonchev–Trinajstić information content (AvgIpc) is 2.93. The zero-order valence-electron chi connectivity index (χ0n) is 14.4. The Morgan fingerprint density at radius 2 is 1.96 bits per heavy atom. The molecule has 1 heterocycles. The van der Waals surface area contributed by atoms with Crippen molar-refractivity contribution in [3.05, 3.63) is 35.4 Å². The number of sulfone groups is 1. The fraction of sp³-hybridized carbons (Fsp3) is 0.611. The maximum atomic E-state index is 12.6. The second-order valence-electron chi connectivity index (χ2n) is 7.08.